The van der Waals surface area contributed by atoms with E-state index in [1.54, 1.807) is 12.1 Å². The Labute approximate surface area is 104 Å². The highest BCUT2D eigenvalue weighted by atomic mass is 79.9. The second-order valence-electron chi connectivity index (χ2n) is 4.17. The van der Waals surface area contributed by atoms with E-state index in [2.05, 4.69) is 26.1 Å². The predicted octanol–water partition coefficient (Wildman–Crippen LogP) is 2.78. The third-order valence-electron chi connectivity index (χ3n) is 3.08. The Kier molecular flexibility index (Phi) is 3.82. The van der Waals surface area contributed by atoms with Crippen molar-refractivity contribution in [2.75, 3.05) is 25.0 Å². The molecule has 0 amide bonds. The van der Waals surface area contributed by atoms with Gasteiger partial charge in [-0.3, -0.25) is 0 Å². The van der Waals surface area contributed by atoms with E-state index in [0.717, 1.165) is 29.7 Å². The molecule has 2 nitrogen and oxygen atoms in total. The van der Waals surface area contributed by atoms with Crippen LogP contribution in [0, 0.1) is 5.82 Å². The van der Waals surface area contributed by atoms with Gasteiger partial charge in [0.05, 0.1) is 5.69 Å². The molecule has 1 aliphatic rings. The third-order valence-corrected chi connectivity index (χ3v) is 3.75. The van der Waals surface area contributed by atoms with Gasteiger partial charge in [0.1, 0.15) is 5.82 Å². The van der Waals surface area contributed by atoms with Crippen molar-refractivity contribution < 1.29 is 4.39 Å². The van der Waals surface area contributed by atoms with Crippen LogP contribution in [0.15, 0.2) is 22.7 Å². The van der Waals surface area contributed by atoms with E-state index in [0.29, 0.717) is 6.04 Å². The van der Waals surface area contributed by atoms with Gasteiger partial charge < -0.3 is 10.2 Å². The van der Waals surface area contributed by atoms with Crippen LogP contribution in [0.25, 0.3) is 0 Å². The van der Waals surface area contributed by atoms with Gasteiger partial charge in [-0.2, -0.15) is 0 Å². The molecule has 16 heavy (non-hydrogen) atoms. The number of likely N-dealkylation sites (N-methyl/N-ethyl adjacent to an activating group) is 1. The lowest BCUT2D eigenvalue weighted by Gasteiger charge is -2.34. The number of rotatable bonds is 2. The summed E-state index contributed by atoms with van der Waals surface area (Å²) in [6.45, 7) is 1.94. The number of nitrogens with zero attached hydrogens (tertiary/aromatic N) is 1. The van der Waals surface area contributed by atoms with Crippen LogP contribution in [-0.2, 0) is 0 Å². The first-order valence-corrected chi connectivity index (χ1v) is 6.37. The highest BCUT2D eigenvalue weighted by Gasteiger charge is 2.20. The maximum atomic E-state index is 13.2. The normalized spacial score (nSPS) is 21.2. The van der Waals surface area contributed by atoms with Gasteiger partial charge in [-0.25, -0.2) is 4.39 Å². The summed E-state index contributed by atoms with van der Waals surface area (Å²) in [5, 5.41) is 3.29. The Hall–Kier alpha value is -0.610. The van der Waals surface area contributed by atoms with E-state index in [-0.39, 0.29) is 5.82 Å². The van der Waals surface area contributed by atoms with Gasteiger partial charge in [0.15, 0.2) is 0 Å². The van der Waals surface area contributed by atoms with Crippen LogP contribution in [0.2, 0.25) is 0 Å². The number of piperidine rings is 1. The molecule has 0 aromatic heterocycles. The van der Waals surface area contributed by atoms with Crippen molar-refractivity contribution in [3.05, 3.63) is 28.5 Å². The van der Waals surface area contributed by atoms with Gasteiger partial charge in [0.25, 0.3) is 0 Å². The molecule has 0 aliphatic carbocycles. The number of halogens is 2. The molecule has 0 radical (unpaired) electrons. The van der Waals surface area contributed by atoms with Gasteiger partial charge in [-0.15, -0.1) is 0 Å². The molecular formula is C12H16BrFN2. The number of hydrogen-bond acceptors (Lipinski definition) is 2. The molecule has 2 rings (SSSR count). The Bertz CT molecular complexity index is 370. The second-order valence-corrected chi connectivity index (χ2v) is 5.02. The molecule has 1 aromatic carbocycles. The summed E-state index contributed by atoms with van der Waals surface area (Å²) in [5.41, 5.74) is 0.958. The fourth-order valence-electron chi connectivity index (χ4n) is 2.16. The van der Waals surface area contributed by atoms with Gasteiger partial charge in [0, 0.05) is 23.6 Å². The lowest BCUT2D eigenvalue weighted by atomic mass is 10.1. The molecule has 1 N–H and O–H groups in total. The minimum atomic E-state index is -0.176. The van der Waals surface area contributed by atoms with Crippen molar-refractivity contribution in [2.45, 2.75) is 18.9 Å². The zero-order chi connectivity index (χ0) is 11.5. The summed E-state index contributed by atoms with van der Waals surface area (Å²) < 4.78 is 14.2. The topological polar surface area (TPSA) is 15.3 Å². The van der Waals surface area contributed by atoms with Gasteiger partial charge in [0.2, 0.25) is 0 Å². The van der Waals surface area contributed by atoms with E-state index >= 15 is 0 Å². The van der Waals surface area contributed by atoms with Gasteiger partial charge in [-0.05, 0) is 54.0 Å². The van der Waals surface area contributed by atoms with Crippen LogP contribution in [0.4, 0.5) is 10.1 Å². The predicted molar refractivity (Wildman–Crippen MR) is 68.4 cm³/mol. The summed E-state index contributed by atoms with van der Waals surface area (Å²) in [5.74, 6) is -0.176. The molecule has 0 spiro atoms. The fourth-order valence-corrected chi connectivity index (χ4v) is 2.66. The summed E-state index contributed by atoms with van der Waals surface area (Å²) in [4.78, 5) is 2.23. The molecule has 4 heteroatoms. The van der Waals surface area contributed by atoms with E-state index < -0.39 is 0 Å². The molecule has 1 unspecified atom stereocenters. The number of anilines is 1. The third kappa shape index (κ3) is 2.55. The van der Waals surface area contributed by atoms with Crippen molar-refractivity contribution in [1.82, 2.24) is 5.32 Å². The zero-order valence-corrected chi connectivity index (χ0v) is 10.9. The summed E-state index contributed by atoms with van der Waals surface area (Å²) >= 11 is 3.48. The minimum Gasteiger partial charge on any atom is -0.369 e. The summed E-state index contributed by atoms with van der Waals surface area (Å²) in [6.07, 6.45) is 2.34. The first kappa shape index (κ1) is 11.9. The highest BCUT2D eigenvalue weighted by Crippen LogP contribution is 2.29. The number of nitrogens with one attached hydrogen (secondary N) is 1. The number of benzene rings is 1. The van der Waals surface area contributed by atoms with Crippen LogP contribution in [0.1, 0.15) is 12.8 Å². The molecule has 1 aromatic rings. The Morgan fingerprint density at radius 3 is 3.06 bits per heavy atom. The monoisotopic (exact) mass is 286 g/mol. The molecule has 0 bridgehead atoms. The Morgan fingerprint density at radius 2 is 2.31 bits per heavy atom. The van der Waals surface area contributed by atoms with Crippen molar-refractivity contribution in [2.24, 2.45) is 0 Å². The van der Waals surface area contributed by atoms with Crippen LogP contribution in [-0.4, -0.2) is 26.2 Å². The largest absolute Gasteiger partial charge is 0.369 e. The van der Waals surface area contributed by atoms with E-state index in [1.807, 2.05) is 7.05 Å². The first-order chi connectivity index (χ1) is 7.70. The molecule has 1 aliphatic heterocycles. The van der Waals surface area contributed by atoms with Crippen LogP contribution < -0.4 is 10.2 Å². The molecular weight excluding hydrogens is 271 g/mol. The lowest BCUT2D eigenvalue weighted by Crippen LogP contribution is -2.44. The molecule has 1 atom stereocenters. The number of hydrogen-bond donors (Lipinski definition) is 1. The molecule has 88 valence electrons. The molecule has 1 saturated heterocycles. The fraction of sp³-hybridized carbons (Fsp3) is 0.500. The smallest absolute Gasteiger partial charge is 0.125 e. The second kappa shape index (κ2) is 5.15. The average Bonchev–Trinajstić information content (AvgIpc) is 2.32. The van der Waals surface area contributed by atoms with E-state index in [1.165, 1.54) is 12.5 Å². The Balaban J connectivity index is 2.19. The lowest BCUT2D eigenvalue weighted by molar-refractivity contribution is 0.449. The first-order valence-electron chi connectivity index (χ1n) is 5.58. The van der Waals surface area contributed by atoms with Crippen molar-refractivity contribution in [3.8, 4) is 0 Å². The molecule has 1 fully saturated rings. The summed E-state index contributed by atoms with van der Waals surface area (Å²) in [6, 6.07) is 5.35. The van der Waals surface area contributed by atoms with Crippen LogP contribution in [0.3, 0.4) is 0 Å². The molecule has 1 heterocycles. The zero-order valence-electron chi connectivity index (χ0n) is 9.34. The molecule has 0 saturated carbocycles. The van der Waals surface area contributed by atoms with Crippen LogP contribution in [0.5, 0.6) is 0 Å². The van der Waals surface area contributed by atoms with Crippen LogP contribution >= 0.6 is 15.9 Å². The minimum absolute atomic E-state index is 0.176. The van der Waals surface area contributed by atoms with Gasteiger partial charge >= 0.3 is 0 Å². The SMILES string of the molecule is CNC1CCCN(c2cc(F)ccc2Br)C1. The highest BCUT2D eigenvalue weighted by molar-refractivity contribution is 9.10. The van der Waals surface area contributed by atoms with Gasteiger partial charge in [-0.1, -0.05) is 0 Å². The van der Waals surface area contributed by atoms with E-state index in [4.69, 9.17) is 0 Å². The maximum absolute atomic E-state index is 13.2. The van der Waals surface area contributed by atoms with Crippen molar-refractivity contribution in [1.29, 1.82) is 0 Å². The summed E-state index contributed by atoms with van der Waals surface area (Å²) in [7, 11) is 1.98. The quantitative estimate of drug-likeness (QED) is 0.899. The van der Waals surface area contributed by atoms with Crippen molar-refractivity contribution >= 4 is 21.6 Å². The van der Waals surface area contributed by atoms with E-state index in [9.17, 15) is 4.39 Å². The average molecular weight is 287 g/mol. The Morgan fingerprint density at radius 1 is 1.50 bits per heavy atom. The van der Waals surface area contributed by atoms with Crippen molar-refractivity contribution in [3.63, 3.8) is 0 Å². The standard InChI is InChI=1S/C12H16BrFN2/c1-15-10-3-2-6-16(8-10)12-7-9(14)4-5-11(12)13/h4-5,7,10,15H,2-3,6,8H2,1H3. The maximum Gasteiger partial charge on any atom is 0.125 e.